The Hall–Kier alpha value is -2.74. The van der Waals surface area contributed by atoms with Crippen molar-refractivity contribution in [3.8, 4) is 11.9 Å². The van der Waals surface area contributed by atoms with Crippen LogP contribution in [0.3, 0.4) is 0 Å². The maximum absolute atomic E-state index is 8.85. The standard InChI is InChI=1S/C13H9N5/c1-9-6-15-7-13(17-9)18-8-16-11-4-10(5-14)2-3-12(11)18/h2-4,6-8H,1H3. The zero-order valence-corrected chi connectivity index (χ0v) is 9.70. The number of rotatable bonds is 1. The highest BCUT2D eigenvalue weighted by Gasteiger charge is 2.06. The maximum atomic E-state index is 8.85. The Bertz CT molecular complexity index is 766. The highest BCUT2D eigenvalue weighted by molar-refractivity contribution is 5.78. The largest absolute Gasteiger partial charge is 0.282 e. The van der Waals surface area contributed by atoms with Gasteiger partial charge < -0.3 is 0 Å². The van der Waals surface area contributed by atoms with Gasteiger partial charge in [0.25, 0.3) is 0 Å². The fourth-order valence-electron chi connectivity index (χ4n) is 1.83. The normalized spacial score (nSPS) is 10.4. The van der Waals surface area contributed by atoms with Crippen molar-refractivity contribution in [1.82, 2.24) is 19.5 Å². The van der Waals surface area contributed by atoms with Gasteiger partial charge in [-0.2, -0.15) is 5.26 Å². The van der Waals surface area contributed by atoms with Crippen molar-refractivity contribution in [1.29, 1.82) is 5.26 Å². The third-order valence-corrected chi connectivity index (χ3v) is 2.67. The summed E-state index contributed by atoms with van der Waals surface area (Å²) in [4.78, 5) is 12.8. The van der Waals surface area contributed by atoms with Crippen molar-refractivity contribution in [2.24, 2.45) is 0 Å². The molecule has 0 bridgehead atoms. The third kappa shape index (κ3) is 1.60. The molecule has 0 atom stereocenters. The molecule has 18 heavy (non-hydrogen) atoms. The molecule has 0 radical (unpaired) electrons. The van der Waals surface area contributed by atoms with Gasteiger partial charge in [-0.15, -0.1) is 0 Å². The molecule has 2 heterocycles. The predicted molar refractivity (Wildman–Crippen MR) is 66.1 cm³/mol. The average Bonchev–Trinajstić information content (AvgIpc) is 2.81. The van der Waals surface area contributed by atoms with Gasteiger partial charge in [0.2, 0.25) is 0 Å². The van der Waals surface area contributed by atoms with E-state index in [4.69, 9.17) is 5.26 Å². The van der Waals surface area contributed by atoms with Crippen LogP contribution in [0.5, 0.6) is 0 Å². The summed E-state index contributed by atoms with van der Waals surface area (Å²) in [6, 6.07) is 7.49. The first-order valence-electron chi connectivity index (χ1n) is 5.44. The predicted octanol–water partition coefficient (Wildman–Crippen LogP) is 2.00. The van der Waals surface area contributed by atoms with Gasteiger partial charge in [0.1, 0.15) is 6.33 Å². The third-order valence-electron chi connectivity index (χ3n) is 2.67. The van der Waals surface area contributed by atoms with E-state index in [9.17, 15) is 0 Å². The first kappa shape index (κ1) is 10.4. The first-order valence-corrected chi connectivity index (χ1v) is 5.44. The second-order valence-electron chi connectivity index (χ2n) is 3.95. The second kappa shape index (κ2) is 3.93. The van der Waals surface area contributed by atoms with Crippen molar-refractivity contribution in [3.05, 3.63) is 48.2 Å². The fraction of sp³-hybridized carbons (Fsp3) is 0.0769. The molecule has 3 rings (SSSR count). The minimum atomic E-state index is 0.600. The number of hydrogen-bond donors (Lipinski definition) is 0. The summed E-state index contributed by atoms with van der Waals surface area (Å²) in [5.41, 5.74) is 3.14. The molecule has 3 aromatic rings. The zero-order valence-electron chi connectivity index (χ0n) is 9.70. The van der Waals surface area contributed by atoms with Crippen LogP contribution in [0.2, 0.25) is 0 Å². The van der Waals surface area contributed by atoms with E-state index < -0.39 is 0 Å². The zero-order chi connectivity index (χ0) is 12.5. The number of benzene rings is 1. The Labute approximate surface area is 103 Å². The molecule has 5 nitrogen and oxygen atoms in total. The summed E-state index contributed by atoms with van der Waals surface area (Å²) >= 11 is 0. The van der Waals surface area contributed by atoms with Gasteiger partial charge in [0.15, 0.2) is 5.82 Å². The van der Waals surface area contributed by atoms with Gasteiger partial charge in [-0.3, -0.25) is 9.55 Å². The summed E-state index contributed by atoms with van der Waals surface area (Å²) in [5, 5.41) is 8.85. The first-order chi connectivity index (χ1) is 8.78. The maximum Gasteiger partial charge on any atom is 0.157 e. The fourth-order valence-corrected chi connectivity index (χ4v) is 1.83. The van der Waals surface area contributed by atoms with E-state index in [1.807, 2.05) is 17.6 Å². The van der Waals surface area contributed by atoms with E-state index in [2.05, 4.69) is 21.0 Å². The number of hydrogen-bond acceptors (Lipinski definition) is 4. The number of aromatic nitrogens is 4. The van der Waals surface area contributed by atoms with Gasteiger partial charge in [0, 0.05) is 6.20 Å². The molecule has 0 saturated carbocycles. The van der Waals surface area contributed by atoms with Crippen LogP contribution >= 0.6 is 0 Å². The van der Waals surface area contributed by atoms with Gasteiger partial charge in [-0.05, 0) is 25.1 Å². The minimum absolute atomic E-state index is 0.600. The van der Waals surface area contributed by atoms with Crippen LogP contribution in [-0.2, 0) is 0 Å². The second-order valence-corrected chi connectivity index (χ2v) is 3.95. The quantitative estimate of drug-likeness (QED) is 0.647. The van der Waals surface area contributed by atoms with E-state index in [0.29, 0.717) is 5.56 Å². The minimum Gasteiger partial charge on any atom is -0.282 e. The molecule has 0 unspecified atom stereocenters. The molecule has 0 aliphatic rings. The lowest BCUT2D eigenvalue weighted by Gasteiger charge is -2.03. The molecule has 0 aliphatic carbocycles. The number of fused-ring (bicyclic) bond motifs is 1. The van der Waals surface area contributed by atoms with Crippen LogP contribution in [0.25, 0.3) is 16.9 Å². The Morgan fingerprint density at radius 2 is 2.17 bits per heavy atom. The molecule has 2 aromatic heterocycles. The molecule has 5 heteroatoms. The summed E-state index contributed by atoms with van der Waals surface area (Å²) in [7, 11) is 0. The van der Waals surface area contributed by atoms with Crippen LogP contribution < -0.4 is 0 Å². The van der Waals surface area contributed by atoms with E-state index in [1.165, 1.54) is 0 Å². The van der Waals surface area contributed by atoms with Crippen LogP contribution in [0, 0.1) is 18.3 Å². The molecule has 1 aromatic carbocycles. The highest BCUT2D eigenvalue weighted by atomic mass is 15.1. The molecule has 0 spiro atoms. The molecular weight excluding hydrogens is 226 g/mol. The summed E-state index contributed by atoms with van der Waals surface area (Å²) in [6.45, 7) is 1.89. The Kier molecular flexibility index (Phi) is 2.27. The SMILES string of the molecule is Cc1cncc(-n2cnc3cc(C#N)ccc32)n1. The van der Waals surface area contributed by atoms with E-state index in [0.717, 1.165) is 22.5 Å². The number of nitriles is 1. The van der Waals surface area contributed by atoms with Crippen molar-refractivity contribution in [2.75, 3.05) is 0 Å². The van der Waals surface area contributed by atoms with Crippen LogP contribution in [-0.4, -0.2) is 19.5 Å². The molecular formula is C13H9N5. The van der Waals surface area contributed by atoms with Crippen molar-refractivity contribution >= 4 is 11.0 Å². The summed E-state index contributed by atoms with van der Waals surface area (Å²) < 4.78 is 1.86. The smallest absolute Gasteiger partial charge is 0.157 e. The van der Waals surface area contributed by atoms with Crippen LogP contribution in [0.4, 0.5) is 0 Å². The molecule has 0 saturated heterocycles. The monoisotopic (exact) mass is 235 g/mol. The summed E-state index contributed by atoms with van der Waals surface area (Å²) in [5.74, 6) is 0.724. The van der Waals surface area contributed by atoms with Crippen molar-refractivity contribution < 1.29 is 0 Å². The number of nitrogens with zero attached hydrogens (tertiary/aromatic N) is 5. The Balaban J connectivity index is 2.22. The molecule has 0 amide bonds. The van der Waals surface area contributed by atoms with Gasteiger partial charge in [-0.1, -0.05) is 0 Å². The average molecular weight is 235 g/mol. The van der Waals surface area contributed by atoms with E-state index in [-0.39, 0.29) is 0 Å². The molecule has 86 valence electrons. The lowest BCUT2D eigenvalue weighted by molar-refractivity contribution is 0.971. The van der Waals surface area contributed by atoms with Crippen molar-refractivity contribution in [3.63, 3.8) is 0 Å². The van der Waals surface area contributed by atoms with Gasteiger partial charge >= 0.3 is 0 Å². The number of aryl methyl sites for hydroxylation is 1. The van der Waals surface area contributed by atoms with E-state index in [1.54, 1.807) is 30.9 Å². The molecule has 0 fully saturated rings. The van der Waals surface area contributed by atoms with Crippen LogP contribution in [0.1, 0.15) is 11.3 Å². The summed E-state index contributed by atoms with van der Waals surface area (Å²) in [6.07, 6.45) is 5.08. The van der Waals surface area contributed by atoms with E-state index >= 15 is 0 Å². The topological polar surface area (TPSA) is 67.4 Å². The number of imidazole rings is 1. The molecule has 0 N–H and O–H groups in total. The lowest BCUT2D eigenvalue weighted by atomic mass is 10.2. The Morgan fingerprint density at radius 3 is 2.94 bits per heavy atom. The van der Waals surface area contributed by atoms with Crippen molar-refractivity contribution in [2.45, 2.75) is 6.92 Å². The van der Waals surface area contributed by atoms with Crippen LogP contribution in [0.15, 0.2) is 36.9 Å². The highest BCUT2D eigenvalue weighted by Crippen LogP contribution is 2.17. The van der Waals surface area contributed by atoms with Gasteiger partial charge in [0.05, 0.1) is 34.6 Å². The lowest BCUT2D eigenvalue weighted by Crippen LogP contribution is -1.98. The molecule has 0 aliphatic heterocycles. The van der Waals surface area contributed by atoms with Gasteiger partial charge in [-0.25, -0.2) is 9.97 Å². The Morgan fingerprint density at radius 1 is 1.28 bits per heavy atom.